The molecular weight excluding hydrogens is 1200 g/mol. The van der Waals surface area contributed by atoms with E-state index in [4.69, 9.17) is 0 Å². The van der Waals surface area contributed by atoms with Gasteiger partial charge in [-0.3, -0.25) is 0 Å². The van der Waals surface area contributed by atoms with Crippen molar-refractivity contribution in [3.63, 3.8) is 0 Å². The van der Waals surface area contributed by atoms with Gasteiger partial charge in [0, 0.05) is 34.2 Å². The Morgan fingerprint density at radius 1 is 0.265 bits per heavy atom. The maximum Gasteiger partial charge on any atom is 2.00 e. The molecule has 0 aromatic heterocycles. The van der Waals surface area contributed by atoms with Crippen LogP contribution in [-0.2, 0) is 93.7 Å². The number of rotatable bonds is 48. The molecule has 0 saturated heterocycles. The first-order valence-corrected chi connectivity index (χ1v) is 32.1. The molecular formula is C68H110O12Zn3. The summed E-state index contributed by atoms with van der Waals surface area (Å²) in [5.74, 6) is -7.62. The van der Waals surface area contributed by atoms with Crippen LogP contribution in [0.5, 0.6) is 0 Å². The summed E-state index contributed by atoms with van der Waals surface area (Å²) in [6.07, 6.45) is 49.7. The van der Waals surface area contributed by atoms with Crippen molar-refractivity contribution in [2.24, 2.45) is 0 Å². The first-order chi connectivity index (χ1) is 38.6. The number of carboxylic acid groups (broad SMARTS) is 6. The number of hydrogen-bond donors (Lipinski definition) is 0. The normalized spacial score (nSPS) is 10.3. The molecule has 0 aliphatic rings. The molecule has 460 valence electrons. The van der Waals surface area contributed by atoms with Gasteiger partial charge in [0.25, 0.3) is 0 Å². The molecule has 0 amide bonds. The zero-order valence-corrected chi connectivity index (χ0v) is 62.3. The van der Waals surface area contributed by atoms with E-state index in [-0.39, 0.29) is 93.5 Å². The van der Waals surface area contributed by atoms with Gasteiger partial charge in [0.1, 0.15) is 0 Å². The van der Waals surface area contributed by atoms with Gasteiger partial charge in [0.15, 0.2) is 0 Å². The molecule has 2 rings (SSSR count). The van der Waals surface area contributed by atoms with Crippen LogP contribution in [0.1, 0.15) is 362 Å². The second-order valence-electron chi connectivity index (χ2n) is 22.0. The van der Waals surface area contributed by atoms with Gasteiger partial charge in [-0.25, -0.2) is 0 Å². The predicted octanol–water partition coefficient (Wildman–Crippen LogP) is 12.2. The molecule has 0 atom stereocenters. The summed E-state index contributed by atoms with van der Waals surface area (Å²) in [6, 6.07) is 6.05. The van der Waals surface area contributed by atoms with E-state index in [0.29, 0.717) is 24.0 Å². The zero-order valence-electron chi connectivity index (χ0n) is 53.4. The van der Waals surface area contributed by atoms with Crippen LogP contribution >= 0.6 is 0 Å². The maximum absolute atomic E-state index is 11.3. The molecule has 0 unspecified atom stereocenters. The summed E-state index contributed by atoms with van der Waals surface area (Å²) in [5, 5.41) is 65.3. The molecule has 12 nitrogen and oxygen atoms in total. The molecule has 0 aliphatic heterocycles. The van der Waals surface area contributed by atoms with Crippen molar-refractivity contribution in [2.75, 3.05) is 0 Å². The summed E-state index contributed by atoms with van der Waals surface area (Å²) in [6.45, 7) is 12.7. The number of carboxylic acids is 6. The minimum absolute atomic E-state index is 0. The average molecular weight is 1320 g/mol. The number of aliphatic carboxylic acids is 2. The number of aromatic carboxylic acids is 4. The molecule has 83 heavy (non-hydrogen) atoms. The molecule has 2 aromatic rings. The van der Waals surface area contributed by atoms with Gasteiger partial charge in [-0.15, -0.1) is 0 Å². The largest absolute Gasteiger partial charge is 2.00 e. The summed E-state index contributed by atoms with van der Waals surface area (Å²) < 4.78 is 0. The fourth-order valence-electron chi connectivity index (χ4n) is 9.95. The Morgan fingerprint density at radius 3 is 0.663 bits per heavy atom. The average Bonchev–Trinajstić information content (AvgIpc) is 3.43. The van der Waals surface area contributed by atoms with Crippen LogP contribution < -0.4 is 30.6 Å². The SMILES string of the molecule is CCCCCCCCCCCCCCCCCC(=O)[O-].CCCCCCCCCCCCCCCCCC(=O)[O-].CCCCc1ccc(C(=O)[O-])c(C(=O)[O-])c1CCCC.CCCCc1ccc(C(=O)[O-])c(C(=O)[O-])c1CCCC.[Zn+2].[Zn+2].[Zn+2]. The summed E-state index contributed by atoms with van der Waals surface area (Å²) in [7, 11) is 0. The van der Waals surface area contributed by atoms with E-state index in [2.05, 4.69) is 27.7 Å². The second-order valence-corrected chi connectivity index (χ2v) is 22.0. The van der Waals surface area contributed by atoms with Gasteiger partial charge >= 0.3 is 58.4 Å². The molecule has 0 bridgehead atoms. The van der Waals surface area contributed by atoms with Crippen molar-refractivity contribution in [3.8, 4) is 0 Å². The first kappa shape index (κ1) is 88.9. The predicted molar refractivity (Wildman–Crippen MR) is 314 cm³/mol. The van der Waals surface area contributed by atoms with Crippen LogP contribution in [0.3, 0.4) is 0 Å². The van der Waals surface area contributed by atoms with Gasteiger partial charge in [-0.1, -0.05) is 271 Å². The maximum atomic E-state index is 11.3. The number of unbranched alkanes of at least 4 members (excludes halogenated alkanes) is 32. The smallest absolute Gasteiger partial charge is 0.550 e. The van der Waals surface area contributed by atoms with Crippen LogP contribution in [0.15, 0.2) is 24.3 Å². The number of carbonyl (C=O) groups is 6. The Kier molecular flexibility index (Phi) is 68.1. The van der Waals surface area contributed by atoms with E-state index in [0.717, 1.165) is 101 Å². The molecule has 0 heterocycles. The monoisotopic (exact) mass is 1310 g/mol. The number of aryl methyl sites for hydroxylation is 2. The fraction of sp³-hybridized carbons (Fsp3) is 0.735. The molecule has 0 saturated carbocycles. The van der Waals surface area contributed by atoms with E-state index < -0.39 is 35.8 Å². The second kappa shape index (κ2) is 63.6. The number of benzene rings is 2. The standard InChI is InChI=1S/2C18H36O2.2C16H22O4.3Zn/c2*1-2-3-4-5-6-7-8-9-10-11-12-13-14-15-16-17-18(19)20;2*1-3-5-7-11-9-10-13(15(17)18)14(16(19)20)12(11)8-6-4-2;;;/h2*2-17H2,1H3,(H,19,20);2*9-10H,3-8H2,1-2H3,(H,17,18)(H,19,20);;;/q;;;;3*+2/p-6. The van der Waals surface area contributed by atoms with Gasteiger partial charge in [0.05, 0.1) is 23.9 Å². The molecule has 2 aromatic carbocycles. The molecule has 0 aliphatic carbocycles. The van der Waals surface area contributed by atoms with Gasteiger partial charge < -0.3 is 59.4 Å². The van der Waals surface area contributed by atoms with Crippen LogP contribution in [-0.4, -0.2) is 35.8 Å². The third-order valence-electron chi connectivity index (χ3n) is 14.8. The van der Waals surface area contributed by atoms with Gasteiger partial charge in [0.2, 0.25) is 0 Å². The summed E-state index contributed by atoms with van der Waals surface area (Å²) >= 11 is 0. The fourth-order valence-corrected chi connectivity index (χ4v) is 9.95. The number of carbonyl (C=O) groups excluding carboxylic acids is 6. The minimum Gasteiger partial charge on any atom is -0.550 e. The van der Waals surface area contributed by atoms with Crippen molar-refractivity contribution in [3.05, 3.63) is 68.8 Å². The van der Waals surface area contributed by atoms with Gasteiger partial charge in [-0.05, 0) is 99.3 Å². The van der Waals surface area contributed by atoms with Gasteiger partial charge in [-0.2, -0.15) is 0 Å². The molecule has 0 spiro atoms. The van der Waals surface area contributed by atoms with Crippen molar-refractivity contribution in [1.82, 2.24) is 0 Å². The first-order valence-electron chi connectivity index (χ1n) is 32.1. The van der Waals surface area contributed by atoms with Crippen LogP contribution in [0.25, 0.3) is 0 Å². The van der Waals surface area contributed by atoms with Crippen molar-refractivity contribution in [2.45, 2.75) is 324 Å². The van der Waals surface area contributed by atoms with Crippen molar-refractivity contribution < 1.29 is 118 Å². The summed E-state index contributed by atoms with van der Waals surface area (Å²) in [4.78, 5) is 65.3. The van der Waals surface area contributed by atoms with E-state index >= 15 is 0 Å². The third kappa shape index (κ3) is 49.9. The Balaban J connectivity index is -0.000000322. The van der Waals surface area contributed by atoms with E-state index in [1.54, 1.807) is 12.1 Å². The Morgan fingerprint density at radius 2 is 0.470 bits per heavy atom. The third-order valence-corrected chi connectivity index (χ3v) is 14.8. The molecule has 0 fully saturated rings. The van der Waals surface area contributed by atoms with E-state index in [9.17, 15) is 59.4 Å². The van der Waals surface area contributed by atoms with E-state index in [1.807, 2.05) is 13.8 Å². The zero-order chi connectivity index (χ0) is 60.0. The molecule has 15 heteroatoms. The Labute approximate surface area is 542 Å². The summed E-state index contributed by atoms with van der Waals surface area (Å²) in [5.41, 5.74) is 2.05. The van der Waals surface area contributed by atoms with Crippen LogP contribution in [0.4, 0.5) is 0 Å². The molecule has 0 N–H and O–H groups in total. The quantitative estimate of drug-likeness (QED) is 0.0444. The molecule has 0 radical (unpaired) electrons. The topological polar surface area (TPSA) is 241 Å². The van der Waals surface area contributed by atoms with Crippen molar-refractivity contribution >= 4 is 35.8 Å². The Bertz CT molecular complexity index is 1790. The van der Waals surface area contributed by atoms with Crippen LogP contribution in [0, 0.1) is 0 Å². The van der Waals surface area contributed by atoms with Crippen molar-refractivity contribution in [1.29, 1.82) is 0 Å². The van der Waals surface area contributed by atoms with Crippen LogP contribution in [0.2, 0.25) is 0 Å². The minimum atomic E-state index is -1.47. The van der Waals surface area contributed by atoms with E-state index in [1.165, 1.54) is 179 Å². The number of hydrogen-bond acceptors (Lipinski definition) is 12. The Hall–Kier alpha value is -2.87.